The number of benzene rings is 2. The van der Waals surface area contributed by atoms with Crippen LogP contribution in [-0.2, 0) is 26.5 Å². The Hall–Kier alpha value is -3.13. The Kier molecular flexibility index (Phi) is 4.27. The summed E-state index contributed by atoms with van der Waals surface area (Å²) in [7, 11) is 0. The van der Waals surface area contributed by atoms with E-state index in [1.807, 2.05) is 13.8 Å². The minimum absolute atomic E-state index is 0.0104. The molecular weight excluding hydrogens is 404 g/mol. The first-order valence-electron chi connectivity index (χ1n) is 10.2. The average molecular weight is 425 g/mol. The molecule has 2 aromatic rings. The van der Waals surface area contributed by atoms with E-state index in [2.05, 4.69) is 10.6 Å². The SMILES string of the molecule is CC(C)[C@@H]1N[C@@]2(C(=O)Nc3ccc(F)cc32)[C@@H]2C(=O)N(Cc3ccc(F)cc3)C(=O)[C@@H]21. The van der Waals surface area contributed by atoms with E-state index in [1.54, 1.807) is 0 Å². The van der Waals surface area contributed by atoms with E-state index in [4.69, 9.17) is 0 Å². The number of fused-ring (bicyclic) bond motifs is 4. The maximum absolute atomic E-state index is 14.1. The summed E-state index contributed by atoms with van der Waals surface area (Å²) in [5.74, 6) is -4.06. The van der Waals surface area contributed by atoms with E-state index in [0.717, 1.165) is 4.90 Å². The predicted molar refractivity (Wildman–Crippen MR) is 107 cm³/mol. The number of halogens is 2. The molecule has 3 aliphatic heterocycles. The molecule has 3 aliphatic rings. The van der Waals surface area contributed by atoms with Crippen LogP contribution in [0.3, 0.4) is 0 Å². The molecule has 0 aliphatic carbocycles. The van der Waals surface area contributed by atoms with E-state index in [-0.39, 0.29) is 18.4 Å². The summed E-state index contributed by atoms with van der Waals surface area (Å²) in [5.41, 5.74) is -0.130. The van der Waals surface area contributed by atoms with Crippen molar-refractivity contribution in [3.63, 3.8) is 0 Å². The molecule has 3 heterocycles. The molecular formula is C23H21F2N3O3. The third-order valence-corrected chi connectivity index (χ3v) is 6.68. The average Bonchev–Trinajstić information content (AvgIpc) is 3.31. The van der Waals surface area contributed by atoms with Gasteiger partial charge in [-0.1, -0.05) is 26.0 Å². The highest BCUT2D eigenvalue weighted by molar-refractivity contribution is 6.15. The molecule has 2 aromatic carbocycles. The van der Waals surface area contributed by atoms with Gasteiger partial charge in [0, 0.05) is 17.3 Å². The van der Waals surface area contributed by atoms with Gasteiger partial charge in [-0.2, -0.15) is 0 Å². The van der Waals surface area contributed by atoms with Crippen molar-refractivity contribution in [2.24, 2.45) is 17.8 Å². The summed E-state index contributed by atoms with van der Waals surface area (Å²) in [6, 6.07) is 9.09. The molecule has 0 aromatic heterocycles. The lowest BCUT2D eigenvalue weighted by molar-refractivity contribution is -0.143. The number of carbonyl (C=O) groups is 3. The van der Waals surface area contributed by atoms with Gasteiger partial charge < -0.3 is 5.32 Å². The van der Waals surface area contributed by atoms with Crippen molar-refractivity contribution in [2.45, 2.75) is 32.0 Å². The minimum atomic E-state index is -1.51. The Morgan fingerprint density at radius 1 is 1.00 bits per heavy atom. The second-order valence-electron chi connectivity index (χ2n) is 8.76. The van der Waals surface area contributed by atoms with E-state index in [1.165, 1.54) is 42.5 Å². The lowest BCUT2D eigenvalue weighted by Crippen LogP contribution is -2.53. The fourth-order valence-electron chi connectivity index (χ4n) is 5.27. The van der Waals surface area contributed by atoms with Crippen LogP contribution in [0.25, 0.3) is 0 Å². The van der Waals surface area contributed by atoms with Crippen LogP contribution in [0.5, 0.6) is 0 Å². The molecule has 1 spiro atoms. The zero-order chi connectivity index (χ0) is 22.1. The summed E-state index contributed by atoms with van der Waals surface area (Å²) in [4.78, 5) is 41.3. The van der Waals surface area contributed by atoms with Gasteiger partial charge in [-0.05, 0) is 41.8 Å². The summed E-state index contributed by atoms with van der Waals surface area (Å²) in [5, 5.41) is 6.00. The first kappa shape index (κ1) is 19.8. The fourth-order valence-corrected chi connectivity index (χ4v) is 5.27. The Morgan fingerprint density at radius 2 is 1.68 bits per heavy atom. The van der Waals surface area contributed by atoms with Crippen LogP contribution < -0.4 is 10.6 Å². The summed E-state index contributed by atoms with van der Waals surface area (Å²) in [6.45, 7) is 3.81. The minimum Gasteiger partial charge on any atom is -0.324 e. The Bertz CT molecular complexity index is 1120. The number of nitrogens with zero attached hydrogens (tertiary/aromatic N) is 1. The van der Waals surface area contributed by atoms with Gasteiger partial charge in [0.1, 0.15) is 17.2 Å². The Morgan fingerprint density at radius 3 is 2.35 bits per heavy atom. The van der Waals surface area contributed by atoms with Gasteiger partial charge in [0.2, 0.25) is 17.7 Å². The maximum atomic E-state index is 14.1. The Balaban J connectivity index is 1.61. The number of hydrogen-bond donors (Lipinski definition) is 2. The van der Waals surface area contributed by atoms with Crippen LogP contribution in [-0.4, -0.2) is 28.7 Å². The quantitative estimate of drug-likeness (QED) is 0.741. The van der Waals surface area contributed by atoms with Crippen molar-refractivity contribution < 1.29 is 23.2 Å². The number of rotatable bonds is 3. The molecule has 3 amide bonds. The maximum Gasteiger partial charge on any atom is 0.250 e. The normalized spacial score (nSPS) is 29.1. The number of carbonyl (C=O) groups excluding carboxylic acids is 3. The van der Waals surface area contributed by atoms with E-state index in [0.29, 0.717) is 16.8 Å². The summed E-state index contributed by atoms with van der Waals surface area (Å²) in [6.07, 6.45) is 0. The van der Waals surface area contributed by atoms with Crippen molar-refractivity contribution in [1.29, 1.82) is 0 Å². The van der Waals surface area contributed by atoms with Crippen molar-refractivity contribution in [3.8, 4) is 0 Å². The lowest BCUT2D eigenvalue weighted by atomic mass is 9.76. The number of anilines is 1. The van der Waals surface area contributed by atoms with Crippen molar-refractivity contribution in [3.05, 3.63) is 65.2 Å². The van der Waals surface area contributed by atoms with Gasteiger partial charge in [0.15, 0.2) is 0 Å². The third-order valence-electron chi connectivity index (χ3n) is 6.68. The van der Waals surface area contributed by atoms with Crippen LogP contribution in [0.2, 0.25) is 0 Å². The van der Waals surface area contributed by atoms with Gasteiger partial charge >= 0.3 is 0 Å². The molecule has 6 nitrogen and oxygen atoms in total. The fraction of sp³-hybridized carbons (Fsp3) is 0.348. The molecule has 0 unspecified atom stereocenters. The Labute approximate surface area is 177 Å². The predicted octanol–water partition coefficient (Wildman–Crippen LogP) is 2.54. The molecule has 2 N–H and O–H groups in total. The van der Waals surface area contributed by atoms with Gasteiger partial charge in [0.25, 0.3) is 0 Å². The number of amides is 3. The summed E-state index contributed by atoms with van der Waals surface area (Å²) < 4.78 is 27.4. The zero-order valence-corrected chi connectivity index (χ0v) is 17.0. The molecule has 31 heavy (non-hydrogen) atoms. The summed E-state index contributed by atoms with van der Waals surface area (Å²) >= 11 is 0. The smallest absolute Gasteiger partial charge is 0.250 e. The van der Waals surface area contributed by atoms with E-state index in [9.17, 15) is 23.2 Å². The highest BCUT2D eigenvalue weighted by Gasteiger charge is 2.70. The molecule has 2 saturated heterocycles. The number of likely N-dealkylation sites (tertiary alicyclic amines) is 1. The highest BCUT2D eigenvalue weighted by Crippen LogP contribution is 2.54. The molecule has 2 fully saturated rings. The van der Waals surface area contributed by atoms with Crippen molar-refractivity contribution in [2.75, 3.05) is 5.32 Å². The molecule has 0 saturated carbocycles. The van der Waals surface area contributed by atoms with Crippen LogP contribution in [0.15, 0.2) is 42.5 Å². The van der Waals surface area contributed by atoms with Crippen LogP contribution in [0.4, 0.5) is 14.5 Å². The second kappa shape index (κ2) is 6.68. The van der Waals surface area contributed by atoms with Crippen molar-refractivity contribution in [1.82, 2.24) is 10.2 Å². The van der Waals surface area contributed by atoms with Gasteiger partial charge in [-0.25, -0.2) is 8.78 Å². The third kappa shape index (κ3) is 2.67. The molecule has 160 valence electrons. The number of hydrogen-bond acceptors (Lipinski definition) is 4. The standard InChI is InChI=1S/C23H21F2N3O3/c1-11(2)19-17-18(21(30)28(20(17)29)10-12-3-5-13(24)6-4-12)23(27-19)15-9-14(25)7-8-16(15)26-22(23)31/h3-9,11,17-19,27H,10H2,1-2H3,(H,26,31)/t17-,18-,19-,23+/m0/s1. The molecule has 8 heteroatoms. The van der Waals surface area contributed by atoms with Crippen LogP contribution >= 0.6 is 0 Å². The largest absolute Gasteiger partial charge is 0.324 e. The molecule has 0 radical (unpaired) electrons. The van der Waals surface area contributed by atoms with E-state index >= 15 is 0 Å². The van der Waals surface area contributed by atoms with Crippen LogP contribution in [0.1, 0.15) is 25.0 Å². The van der Waals surface area contributed by atoms with Gasteiger partial charge in [-0.15, -0.1) is 0 Å². The van der Waals surface area contributed by atoms with Crippen LogP contribution in [0, 0.1) is 29.4 Å². The van der Waals surface area contributed by atoms with Crippen molar-refractivity contribution >= 4 is 23.4 Å². The molecule has 5 rings (SSSR count). The monoisotopic (exact) mass is 425 g/mol. The first-order chi connectivity index (χ1) is 14.7. The first-order valence-corrected chi connectivity index (χ1v) is 10.2. The van der Waals surface area contributed by atoms with E-state index < -0.39 is 46.9 Å². The second-order valence-corrected chi connectivity index (χ2v) is 8.76. The topological polar surface area (TPSA) is 78.5 Å². The number of imide groups is 1. The molecule has 0 bridgehead atoms. The zero-order valence-electron chi connectivity index (χ0n) is 17.0. The lowest BCUT2D eigenvalue weighted by Gasteiger charge is -2.30. The van der Waals surface area contributed by atoms with Gasteiger partial charge in [-0.3, -0.25) is 24.6 Å². The number of nitrogens with one attached hydrogen (secondary N) is 2. The molecule has 4 atom stereocenters. The van der Waals surface area contributed by atoms with Gasteiger partial charge in [0.05, 0.1) is 18.4 Å². The highest BCUT2D eigenvalue weighted by atomic mass is 19.1.